The molecule has 3 heteroatoms. The first-order valence-electron chi connectivity index (χ1n) is 6.19. The van der Waals surface area contributed by atoms with Gasteiger partial charge < -0.3 is 5.11 Å². The zero-order valence-corrected chi connectivity index (χ0v) is 11.3. The Hall–Kier alpha value is -0.440. The van der Waals surface area contributed by atoms with Crippen molar-refractivity contribution in [2.24, 2.45) is 0 Å². The Morgan fingerprint density at radius 2 is 2.00 bits per heavy atom. The van der Waals surface area contributed by atoms with Gasteiger partial charge in [-0.25, -0.2) is 0 Å². The van der Waals surface area contributed by atoms with Crippen LogP contribution in [0.1, 0.15) is 52.4 Å². The molecule has 1 unspecified atom stereocenters. The second-order valence-electron chi connectivity index (χ2n) is 3.88. The molecule has 0 radical (unpaired) electrons. The predicted molar refractivity (Wildman–Crippen MR) is 72.1 cm³/mol. The zero-order valence-electron chi connectivity index (χ0n) is 10.4. The van der Waals surface area contributed by atoms with Gasteiger partial charge in [0.05, 0.1) is 6.42 Å². The molecular weight excluding hydrogens is 220 g/mol. The predicted octanol–water partition coefficient (Wildman–Crippen LogP) is 4.11. The Bertz CT molecular complexity index is 202. The van der Waals surface area contributed by atoms with Gasteiger partial charge in [-0.15, -0.1) is 0 Å². The number of carboxylic acids is 1. The van der Waals surface area contributed by atoms with E-state index in [1.165, 1.54) is 19.3 Å². The highest BCUT2D eigenvalue weighted by molar-refractivity contribution is 7.99. The molecule has 1 N–H and O–H groups in total. The maximum atomic E-state index is 10.4. The molecule has 0 heterocycles. The van der Waals surface area contributed by atoms with Crippen LogP contribution in [0.3, 0.4) is 0 Å². The van der Waals surface area contributed by atoms with Crippen LogP contribution < -0.4 is 0 Å². The molecule has 0 aromatic heterocycles. The van der Waals surface area contributed by atoms with E-state index in [1.807, 2.05) is 0 Å². The second kappa shape index (κ2) is 11.1. The van der Waals surface area contributed by atoms with Crippen molar-refractivity contribution in [3.8, 4) is 0 Å². The minimum atomic E-state index is -0.690. The number of rotatable bonds is 10. The van der Waals surface area contributed by atoms with Crippen LogP contribution in [-0.2, 0) is 4.79 Å². The number of carbonyl (C=O) groups is 1. The third-order valence-corrected chi connectivity index (χ3v) is 3.88. The zero-order chi connectivity index (χ0) is 12.2. The largest absolute Gasteiger partial charge is 0.481 e. The maximum absolute atomic E-state index is 10.4. The van der Waals surface area contributed by atoms with Gasteiger partial charge >= 0.3 is 5.97 Å². The van der Waals surface area contributed by atoms with Gasteiger partial charge in [-0.2, -0.15) is 11.8 Å². The number of hydrogen-bond donors (Lipinski definition) is 1. The van der Waals surface area contributed by atoms with Crippen molar-refractivity contribution >= 4 is 17.7 Å². The summed E-state index contributed by atoms with van der Waals surface area (Å²) in [5.74, 6) is 0.0529. The summed E-state index contributed by atoms with van der Waals surface area (Å²) in [6.07, 6.45) is 10.6. The average Bonchev–Trinajstić information content (AvgIpc) is 2.26. The Balaban J connectivity index is 3.54. The molecule has 0 saturated carbocycles. The minimum absolute atomic E-state index is 0.285. The number of carboxylic acid groups (broad SMARTS) is 1. The SMILES string of the molecule is CCCC=CCCC(CC)SCCC(=O)O. The van der Waals surface area contributed by atoms with Crippen molar-refractivity contribution in [1.82, 2.24) is 0 Å². The van der Waals surface area contributed by atoms with E-state index >= 15 is 0 Å². The molecule has 94 valence electrons. The lowest BCUT2D eigenvalue weighted by molar-refractivity contribution is -0.136. The summed E-state index contributed by atoms with van der Waals surface area (Å²) in [5, 5.41) is 9.16. The first-order chi connectivity index (χ1) is 7.70. The highest BCUT2D eigenvalue weighted by atomic mass is 32.2. The van der Waals surface area contributed by atoms with Crippen LogP contribution in [0.2, 0.25) is 0 Å². The van der Waals surface area contributed by atoms with Gasteiger partial charge in [-0.05, 0) is 25.7 Å². The number of hydrogen-bond acceptors (Lipinski definition) is 2. The molecule has 0 amide bonds. The van der Waals surface area contributed by atoms with Crippen molar-refractivity contribution in [1.29, 1.82) is 0 Å². The maximum Gasteiger partial charge on any atom is 0.304 e. The van der Waals surface area contributed by atoms with Gasteiger partial charge in [-0.3, -0.25) is 4.79 Å². The van der Waals surface area contributed by atoms with Crippen LogP contribution in [0.25, 0.3) is 0 Å². The van der Waals surface area contributed by atoms with E-state index in [4.69, 9.17) is 5.11 Å². The van der Waals surface area contributed by atoms with E-state index in [2.05, 4.69) is 26.0 Å². The van der Waals surface area contributed by atoms with Crippen LogP contribution in [-0.4, -0.2) is 22.1 Å². The van der Waals surface area contributed by atoms with Crippen molar-refractivity contribution < 1.29 is 9.90 Å². The van der Waals surface area contributed by atoms with Gasteiger partial charge in [0.25, 0.3) is 0 Å². The number of unbranched alkanes of at least 4 members (excludes halogenated alkanes) is 1. The minimum Gasteiger partial charge on any atom is -0.481 e. The lowest BCUT2D eigenvalue weighted by atomic mass is 10.2. The van der Waals surface area contributed by atoms with Crippen molar-refractivity contribution in [3.05, 3.63) is 12.2 Å². The third-order valence-electron chi connectivity index (χ3n) is 2.40. The van der Waals surface area contributed by atoms with Crippen LogP contribution >= 0.6 is 11.8 Å². The Morgan fingerprint density at radius 1 is 1.31 bits per heavy atom. The second-order valence-corrected chi connectivity index (χ2v) is 5.29. The molecule has 0 fully saturated rings. The summed E-state index contributed by atoms with van der Waals surface area (Å²) in [4.78, 5) is 10.4. The van der Waals surface area contributed by atoms with Crippen LogP contribution in [0.4, 0.5) is 0 Å². The van der Waals surface area contributed by atoms with Crippen molar-refractivity contribution in [3.63, 3.8) is 0 Å². The lowest BCUT2D eigenvalue weighted by Crippen LogP contribution is -2.04. The standard InChI is InChI=1S/C13H24O2S/c1-3-5-6-7-8-9-12(4-2)16-11-10-13(14)15/h6-7,12H,3-5,8-11H2,1-2H3,(H,14,15). The first-order valence-corrected chi connectivity index (χ1v) is 7.23. The first kappa shape index (κ1) is 15.6. The topological polar surface area (TPSA) is 37.3 Å². The van der Waals surface area contributed by atoms with E-state index in [0.29, 0.717) is 5.25 Å². The molecule has 2 nitrogen and oxygen atoms in total. The van der Waals surface area contributed by atoms with Gasteiger partial charge in [0.1, 0.15) is 0 Å². The molecule has 0 spiro atoms. The fraction of sp³-hybridized carbons (Fsp3) is 0.769. The molecule has 16 heavy (non-hydrogen) atoms. The molecule has 0 aliphatic carbocycles. The lowest BCUT2D eigenvalue weighted by Gasteiger charge is -2.12. The van der Waals surface area contributed by atoms with Crippen molar-refractivity contribution in [2.45, 2.75) is 57.6 Å². The van der Waals surface area contributed by atoms with E-state index in [-0.39, 0.29) is 6.42 Å². The molecule has 0 aromatic rings. The van der Waals surface area contributed by atoms with Gasteiger partial charge in [-0.1, -0.05) is 32.4 Å². The summed E-state index contributed by atoms with van der Waals surface area (Å²) >= 11 is 1.80. The normalized spacial score (nSPS) is 13.1. The summed E-state index contributed by atoms with van der Waals surface area (Å²) in [7, 11) is 0. The van der Waals surface area contributed by atoms with E-state index < -0.39 is 5.97 Å². The smallest absolute Gasteiger partial charge is 0.304 e. The van der Waals surface area contributed by atoms with Gasteiger partial charge in [0.2, 0.25) is 0 Å². The molecular formula is C13H24O2S. The van der Waals surface area contributed by atoms with E-state index in [1.54, 1.807) is 11.8 Å². The summed E-state index contributed by atoms with van der Waals surface area (Å²) in [5.41, 5.74) is 0. The Labute approximate surface area is 104 Å². The average molecular weight is 244 g/mol. The molecule has 0 bridgehead atoms. The number of aliphatic carboxylic acids is 1. The molecule has 0 saturated heterocycles. The molecule has 0 aromatic carbocycles. The van der Waals surface area contributed by atoms with Crippen LogP contribution in [0.5, 0.6) is 0 Å². The quantitative estimate of drug-likeness (QED) is 0.588. The Kier molecular flexibility index (Phi) is 10.8. The summed E-state index contributed by atoms with van der Waals surface area (Å²) in [6, 6.07) is 0. The monoisotopic (exact) mass is 244 g/mol. The highest BCUT2D eigenvalue weighted by Gasteiger charge is 2.06. The van der Waals surface area contributed by atoms with Crippen LogP contribution in [0, 0.1) is 0 Å². The number of thioether (sulfide) groups is 1. The highest BCUT2D eigenvalue weighted by Crippen LogP contribution is 2.20. The molecule has 0 rings (SSSR count). The molecule has 0 aliphatic heterocycles. The Morgan fingerprint density at radius 3 is 2.56 bits per heavy atom. The summed E-state index contributed by atoms with van der Waals surface area (Å²) in [6.45, 7) is 4.36. The number of allylic oxidation sites excluding steroid dienone is 2. The molecule has 0 aliphatic rings. The fourth-order valence-corrected chi connectivity index (χ4v) is 2.57. The third kappa shape index (κ3) is 10.1. The van der Waals surface area contributed by atoms with Crippen LogP contribution in [0.15, 0.2) is 12.2 Å². The summed E-state index contributed by atoms with van der Waals surface area (Å²) < 4.78 is 0. The van der Waals surface area contributed by atoms with Crippen molar-refractivity contribution in [2.75, 3.05) is 5.75 Å². The van der Waals surface area contributed by atoms with Gasteiger partial charge in [0, 0.05) is 11.0 Å². The molecule has 1 atom stereocenters. The fourth-order valence-electron chi connectivity index (χ4n) is 1.40. The van der Waals surface area contributed by atoms with E-state index in [9.17, 15) is 4.79 Å². The van der Waals surface area contributed by atoms with E-state index in [0.717, 1.165) is 18.6 Å². The van der Waals surface area contributed by atoms with Gasteiger partial charge in [0.15, 0.2) is 0 Å².